The van der Waals surface area contributed by atoms with Crippen LogP contribution >= 0.6 is 0 Å². The molecule has 0 saturated carbocycles. The summed E-state index contributed by atoms with van der Waals surface area (Å²) in [6.45, 7) is 1.09. The van der Waals surface area contributed by atoms with Gasteiger partial charge in [0.25, 0.3) is 5.91 Å². The SMILES string of the molecule is C[C@](O)(COc1ccc(C#N)cc1)C(=O)Nc1ccc(C#N)cc1. The number of carbonyl (C=O) groups is 1. The van der Waals surface area contributed by atoms with Crippen LogP contribution in [0.25, 0.3) is 0 Å². The number of anilines is 1. The highest BCUT2D eigenvalue weighted by Gasteiger charge is 2.31. The fourth-order valence-corrected chi connectivity index (χ4v) is 1.81. The number of hydrogen-bond donors (Lipinski definition) is 2. The van der Waals surface area contributed by atoms with Crippen molar-refractivity contribution in [2.75, 3.05) is 11.9 Å². The van der Waals surface area contributed by atoms with E-state index in [0.29, 0.717) is 22.6 Å². The Morgan fingerprint density at radius 1 is 1.08 bits per heavy atom. The number of rotatable bonds is 5. The summed E-state index contributed by atoms with van der Waals surface area (Å²) in [6, 6.07) is 16.6. The lowest BCUT2D eigenvalue weighted by atomic mass is 10.1. The van der Waals surface area contributed by atoms with Crippen molar-refractivity contribution in [3.8, 4) is 17.9 Å². The van der Waals surface area contributed by atoms with Crippen molar-refractivity contribution in [2.45, 2.75) is 12.5 Å². The average molecular weight is 321 g/mol. The Bertz CT molecular complexity index is 797. The Morgan fingerprint density at radius 3 is 2.08 bits per heavy atom. The second kappa shape index (κ2) is 7.28. The van der Waals surface area contributed by atoms with Gasteiger partial charge in [-0.05, 0) is 55.5 Å². The van der Waals surface area contributed by atoms with Gasteiger partial charge in [0.2, 0.25) is 0 Å². The van der Waals surface area contributed by atoms with Gasteiger partial charge in [0, 0.05) is 5.69 Å². The maximum atomic E-state index is 12.2. The summed E-state index contributed by atoms with van der Waals surface area (Å²) in [6.07, 6.45) is 0. The van der Waals surface area contributed by atoms with E-state index in [4.69, 9.17) is 15.3 Å². The first-order valence-corrected chi connectivity index (χ1v) is 7.11. The Labute approximate surface area is 139 Å². The van der Waals surface area contributed by atoms with E-state index >= 15 is 0 Å². The van der Waals surface area contributed by atoms with Gasteiger partial charge in [-0.2, -0.15) is 10.5 Å². The Hall–Kier alpha value is -3.35. The number of nitriles is 2. The zero-order valence-corrected chi connectivity index (χ0v) is 13.0. The molecule has 24 heavy (non-hydrogen) atoms. The van der Waals surface area contributed by atoms with Crippen LogP contribution in [-0.4, -0.2) is 23.2 Å². The Kier molecular flexibility index (Phi) is 5.16. The van der Waals surface area contributed by atoms with Crippen LogP contribution in [0.1, 0.15) is 18.1 Å². The van der Waals surface area contributed by atoms with E-state index in [-0.39, 0.29) is 6.61 Å². The first-order valence-electron chi connectivity index (χ1n) is 7.11. The van der Waals surface area contributed by atoms with Gasteiger partial charge in [0.1, 0.15) is 12.4 Å². The van der Waals surface area contributed by atoms with Crippen LogP contribution in [0.4, 0.5) is 5.69 Å². The summed E-state index contributed by atoms with van der Waals surface area (Å²) in [5, 5.41) is 30.3. The van der Waals surface area contributed by atoms with Gasteiger partial charge >= 0.3 is 0 Å². The molecule has 0 aliphatic heterocycles. The van der Waals surface area contributed by atoms with Crippen molar-refractivity contribution in [3.05, 3.63) is 59.7 Å². The predicted molar refractivity (Wildman–Crippen MR) is 87.1 cm³/mol. The van der Waals surface area contributed by atoms with E-state index in [1.807, 2.05) is 12.1 Å². The Balaban J connectivity index is 1.96. The summed E-state index contributed by atoms with van der Waals surface area (Å²) in [7, 11) is 0. The molecule has 0 bridgehead atoms. The molecule has 2 rings (SSSR count). The number of hydrogen-bond acceptors (Lipinski definition) is 5. The van der Waals surface area contributed by atoms with Crippen LogP contribution in [-0.2, 0) is 4.79 Å². The molecule has 2 aromatic rings. The van der Waals surface area contributed by atoms with Gasteiger partial charge in [0.05, 0.1) is 23.3 Å². The number of nitrogens with one attached hydrogen (secondary N) is 1. The fraction of sp³-hybridized carbons (Fsp3) is 0.167. The number of carbonyl (C=O) groups excluding carboxylic acids is 1. The molecule has 6 nitrogen and oxygen atoms in total. The number of amides is 1. The predicted octanol–water partition coefficient (Wildman–Crippen LogP) is 2.20. The van der Waals surface area contributed by atoms with Crippen molar-refractivity contribution >= 4 is 11.6 Å². The molecule has 0 unspecified atom stereocenters. The van der Waals surface area contributed by atoms with Crippen molar-refractivity contribution in [1.82, 2.24) is 0 Å². The van der Waals surface area contributed by atoms with E-state index < -0.39 is 11.5 Å². The molecule has 0 aromatic heterocycles. The van der Waals surface area contributed by atoms with Crippen LogP contribution in [0.3, 0.4) is 0 Å². The lowest BCUT2D eigenvalue weighted by Gasteiger charge is -2.22. The molecule has 0 radical (unpaired) electrons. The van der Waals surface area contributed by atoms with Crippen LogP contribution in [0.15, 0.2) is 48.5 Å². The fourth-order valence-electron chi connectivity index (χ4n) is 1.81. The topological polar surface area (TPSA) is 106 Å². The Morgan fingerprint density at radius 2 is 1.58 bits per heavy atom. The van der Waals surface area contributed by atoms with Gasteiger partial charge in [-0.3, -0.25) is 4.79 Å². The summed E-state index contributed by atoms with van der Waals surface area (Å²) in [5.74, 6) is -0.179. The lowest BCUT2D eigenvalue weighted by Crippen LogP contribution is -2.45. The van der Waals surface area contributed by atoms with E-state index in [2.05, 4.69) is 5.32 Å². The minimum Gasteiger partial charge on any atom is -0.490 e. The number of ether oxygens (including phenoxy) is 1. The van der Waals surface area contributed by atoms with Crippen LogP contribution in [0, 0.1) is 22.7 Å². The second-order valence-corrected chi connectivity index (χ2v) is 5.34. The minimum absolute atomic E-state index is 0.249. The monoisotopic (exact) mass is 321 g/mol. The van der Waals surface area contributed by atoms with Gasteiger partial charge in [-0.25, -0.2) is 0 Å². The first-order chi connectivity index (χ1) is 11.4. The minimum atomic E-state index is -1.75. The number of benzene rings is 2. The van der Waals surface area contributed by atoms with E-state index in [9.17, 15) is 9.90 Å². The zero-order chi connectivity index (χ0) is 17.6. The number of aliphatic hydroxyl groups is 1. The molecule has 0 aliphatic rings. The maximum absolute atomic E-state index is 12.2. The third-order valence-corrected chi connectivity index (χ3v) is 3.26. The average Bonchev–Trinajstić information content (AvgIpc) is 2.61. The molecular formula is C18H15N3O3. The lowest BCUT2D eigenvalue weighted by molar-refractivity contribution is -0.135. The first kappa shape index (κ1) is 17.0. The third kappa shape index (κ3) is 4.33. The van der Waals surface area contributed by atoms with Crippen LogP contribution in [0.2, 0.25) is 0 Å². The van der Waals surface area contributed by atoms with Crippen molar-refractivity contribution in [3.63, 3.8) is 0 Å². The van der Waals surface area contributed by atoms with E-state index in [1.165, 1.54) is 6.92 Å². The molecule has 2 N–H and O–H groups in total. The summed E-state index contributed by atoms with van der Waals surface area (Å²) in [4.78, 5) is 12.2. The normalized spacial score (nSPS) is 12.3. The van der Waals surface area contributed by atoms with E-state index in [1.54, 1.807) is 48.5 Å². The summed E-state index contributed by atoms with van der Waals surface area (Å²) < 4.78 is 5.40. The van der Waals surface area contributed by atoms with Crippen molar-refractivity contribution < 1.29 is 14.6 Å². The van der Waals surface area contributed by atoms with Crippen molar-refractivity contribution in [2.24, 2.45) is 0 Å². The van der Waals surface area contributed by atoms with Gasteiger partial charge < -0.3 is 15.2 Å². The molecule has 0 saturated heterocycles. The molecule has 0 aliphatic carbocycles. The molecule has 0 spiro atoms. The number of nitrogens with zero attached hydrogens (tertiary/aromatic N) is 2. The summed E-state index contributed by atoms with van der Waals surface area (Å²) >= 11 is 0. The van der Waals surface area contributed by atoms with Crippen molar-refractivity contribution in [1.29, 1.82) is 10.5 Å². The highest BCUT2D eigenvalue weighted by molar-refractivity contribution is 5.97. The maximum Gasteiger partial charge on any atom is 0.259 e. The van der Waals surface area contributed by atoms with Crippen LogP contribution < -0.4 is 10.1 Å². The van der Waals surface area contributed by atoms with Gasteiger partial charge in [-0.1, -0.05) is 0 Å². The quantitative estimate of drug-likeness (QED) is 0.878. The highest BCUT2D eigenvalue weighted by atomic mass is 16.5. The second-order valence-electron chi connectivity index (χ2n) is 5.34. The molecule has 0 heterocycles. The zero-order valence-electron chi connectivity index (χ0n) is 13.0. The molecule has 2 aromatic carbocycles. The van der Waals surface area contributed by atoms with Gasteiger partial charge in [0.15, 0.2) is 5.60 Å². The molecule has 1 amide bonds. The molecular weight excluding hydrogens is 306 g/mol. The molecule has 1 atom stereocenters. The van der Waals surface area contributed by atoms with Gasteiger partial charge in [-0.15, -0.1) is 0 Å². The smallest absolute Gasteiger partial charge is 0.259 e. The molecule has 0 fully saturated rings. The summed E-state index contributed by atoms with van der Waals surface area (Å²) in [5.41, 5.74) is -0.309. The third-order valence-electron chi connectivity index (χ3n) is 3.26. The van der Waals surface area contributed by atoms with E-state index in [0.717, 1.165) is 0 Å². The highest BCUT2D eigenvalue weighted by Crippen LogP contribution is 2.16. The largest absolute Gasteiger partial charge is 0.490 e. The molecule has 120 valence electrons. The van der Waals surface area contributed by atoms with Crippen LogP contribution in [0.5, 0.6) is 5.75 Å². The molecule has 6 heteroatoms. The standard InChI is InChI=1S/C18H15N3O3/c1-18(23,12-24-16-8-4-14(11-20)5-9-16)17(22)21-15-6-2-13(10-19)3-7-15/h2-9,23H,12H2,1H3,(H,21,22)/t18-/m0/s1.